The smallest absolute Gasteiger partial charge is 0.0942 e. The molecule has 3 aromatic heterocycles. The second-order valence-electron chi connectivity index (χ2n) is 3.26. The molecule has 0 fully saturated rings. The average Bonchev–Trinajstić information content (AvgIpc) is 2.84. The Balaban J connectivity index is 2.22. The van der Waals surface area contributed by atoms with Crippen LogP contribution in [0.25, 0.3) is 16.8 Å². The Kier molecular flexibility index (Phi) is 2.01. The number of halogens is 1. The molecule has 0 spiro atoms. The molecule has 74 valence electrons. The standard InChI is InChI=1S/C11H7ClN2S/c12-9-1-2-10-5-11(13-14(10)6-9)8-3-4-15-7-8/h1-7H. The lowest BCUT2D eigenvalue weighted by atomic mass is 10.2. The lowest BCUT2D eigenvalue weighted by molar-refractivity contribution is 0.966. The maximum atomic E-state index is 5.89. The molecule has 0 atom stereocenters. The SMILES string of the molecule is Clc1ccc2cc(-c3ccsc3)nn2c1. The molecule has 3 rings (SSSR count). The molecule has 4 heteroatoms. The van der Waals surface area contributed by atoms with Crippen molar-refractivity contribution in [3.63, 3.8) is 0 Å². The van der Waals surface area contributed by atoms with Crippen molar-refractivity contribution < 1.29 is 0 Å². The Hall–Kier alpha value is -1.32. The van der Waals surface area contributed by atoms with Crippen molar-refractivity contribution >= 4 is 28.5 Å². The van der Waals surface area contributed by atoms with Crippen LogP contribution in [0.15, 0.2) is 41.2 Å². The van der Waals surface area contributed by atoms with Gasteiger partial charge in [-0.15, -0.1) is 0 Å². The van der Waals surface area contributed by atoms with E-state index >= 15 is 0 Å². The van der Waals surface area contributed by atoms with E-state index in [1.165, 1.54) is 0 Å². The average molecular weight is 235 g/mol. The van der Waals surface area contributed by atoms with E-state index < -0.39 is 0 Å². The van der Waals surface area contributed by atoms with Gasteiger partial charge in [0.1, 0.15) is 0 Å². The summed E-state index contributed by atoms with van der Waals surface area (Å²) in [6.45, 7) is 0. The quantitative estimate of drug-likeness (QED) is 0.627. The van der Waals surface area contributed by atoms with Crippen LogP contribution in [0.3, 0.4) is 0 Å². The molecular formula is C11H7ClN2S. The summed E-state index contributed by atoms with van der Waals surface area (Å²) in [7, 11) is 0. The monoisotopic (exact) mass is 234 g/mol. The fourth-order valence-corrected chi connectivity index (χ4v) is 2.32. The van der Waals surface area contributed by atoms with Crippen molar-refractivity contribution in [2.24, 2.45) is 0 Å². The van der Waals surface area contributed by atoms with E-state index in [1.54, 1.807) is 15.9 Å². The Bertz CT molecular complexity index is 598. The molecule has 0 saturated carbocycles. The summed E-state index contributed by atoms with van der Waals surface area (Å²) >= 11 is 7.57. The molecular weight excluding hydrogens is 228 g/mol. The van der Waals surface area contributed by atoms with Crippen molar-refractivity contribution in [1.82, 2.24) is 9.61 Å². The first-order valence-electron chi connectivity index (χ1n) is 4.50. The molecule has 15 heavy (non-hydrogen) atoms. The van der Waals surface area contributed by atoms with E-state index in [0.29, 0.717) is 5.02 Å². The summed E-state index contributed by atoms with van der Waals surface area (Å²) in [4.78, 5) is 0. The van der Waals surface area contributed by atoms with E-state index in [-0.39, 0.29) is 0 Å². The van der Waals surface area contributed by atoms with Gasteiger partial charge < -0.3 is 0 Å². The van der Waals surface area contributed by atoms with Crippen LogP contribution in [-0.4, -0.2) is 9.61 Å². The molecule has 0 unspecified atom stereocenters. The van der Waals surface area contributed by atoms with Gasteiger partial charge in [-0.3, -0.25) is 0 Å². The Morgan fingerprint density at radius 1 is 1.27 bits per heavy atom. The van der Waals surface area contributed by atoms with E-state index in [1.807, 2.05) is 23.7 Å². The number of nitrogens with zero attached hydrogens (tertiary/aromatic N) is 2. The summed E-state index contributed by atoms with van der Waals surface area (Å²) in [5.41, 5.74) is 3.19. The first-order chi connectivity index (χ1) is 7.33. The number of hydrogen-bond donors (Lipinski definition) is 0. The third-order valence-corrected chi connectivity index (χ3v) is 3.15. The Labute approximate surface area is 95.7 Å². The van der Waals surface area contributed by atoms with Gasteiger partial charge in [0.15, 0.2) is 0 Å². The van der Waals surface area contributed by atoms with E-state index in [9.17, 15) is 0 Å². The third kappa shape index (κ3) is 1.54. The molecule has 0 amide bonds. The number of pyridine rings is 1. The van der Waals surface area contributed by atoms with Crippen molar-refractivity contribution in [3.8, 4) is 11.3 Å². The fourth-order valence-electron chi connectivity index (χ4n) is 1.51. The third-order valence-electron chi connectivity index (χ3n) is 2.24. The highest BCUT2D eigenvalue weighted by Crippen LogP contribution is 2.22. The molecule has 0 aromatic carbocycles. The normalized spacial score (nSPS) is 11.0. The van der Waals surface area contributed by atoms with Gasteiger partial charge in [-0.25, -0.2) is 4.52 Å². The van der Waals surface area contributed by atoms with E-state index in [2.05, 4.69) is 22.6 Å². The zero-order chi connectivity index (χ0) is 10.3. The van der Waals surface area contributed by atoms with Gasteiger partial charge in [0.2, 0.25) is 0 Å². The van der Waals surface area contributed by atoms with Crippen LogP contribution in [-0.2, 0) is 0 Å². The Morgan fingerprint density at radius 3 is 3.00 bits per heavy atom. The number of fused-ring (bicyclic) bond motifs is 1. The van der Waals surface area contributed by atoms with Gasteiger partial charge >= 0.3 is 0 Å². The molecule has 0 radical (unpaired) electrons. The molecule has 3 heterocycles. The molecule has 0 aliphatic rings. The van der Waals surface area contributed by atoms with Crippen molar-refractivity contribution in [3.05, 3.63) is 46.2 Å². The van der Waals surface area contributed by atoms with Gasteiger partial charge in [0.25, 0.3) is 0 Å². The second-order valence-corrected chi connectivity index (χ2v) is 4.47. The molecule has 0 bridgehead atoms. The summed E-state index contributed by atoms with van der Waals surface area (Å²) in [5, 5.41) is 9.29. The minimum absolute atomic E-state index is 0.697. The van der Waals surface area contributed by atoms with Gasteiger partial charge in [0, 0.05) is 17.1 Å². The summed E-state index contributed by atoms with van der Waals surface area (Å²) < 4.78 is 1.80. The number of hydrogen-bond acceptors (Lipinski definition) is 2. The van der Waals surface area contributed by atoms with Gasteiger partial charge in [-0.2, -0.15) is 16.4 Å². The van der Waals surface area contributed by atoms with Crippen LogP contribution < -0.4 is 0 Å². The molecule has 0 saturated heterocycles. The van der Waals surface area contributed by atoms with E-state index in [0.717, 1.165) is 16.8 Å². The van der Waals surface area contributed by atoms with Crippen LogP contribution in [0.5, 0.6) is 0 Å². The van der Waals surface area contributed by atoms with Gasteiger partial charge in [-0.1, -0.05) is 11.6 Å². The first kappa shape index (κ1) is 8.95. The zero-order valence-electron chi connectivity index (χ0n) is 7.72. The predicted octanol–water partition coefficient (Wildman–Crippen LogP) is 3.72. The maximum Gasteiger partial charge on any atom is 0.0942 e. The largest absolute Gasteiger partial charge is 0.239 e. The highest BCUT2D eigenvalue weighted by molar-refractivity contribution is 7.08. The van der Waals surface area contributed by atoms with Gasteiger partial charge in [0.05, 0.1) is 16.2 Å². The van der Waals surface area contributed by atoms with Crippen LogP contribution in [0.4, 0.5) is 0 Å². The van der Waals surface area contributed by atoms with Crippen molar-refractivity contribution in [2.45, 2.75) is 0 Å². The van der Waals surface area contributed by atoms with Crippen LogP contribution in [0, 0.1) is 0 Å². The minimum atomic E-state index is 0.697. The number of thiophene rings is 1. The zero-order valence-corrected chi connectivity index (χ0v) is 9.29. The number of aromatic nitrogens is 2. The summed E-state index contributed by atoms with van der Waals surface area (Å²) in [6, 6.07) is 7.95. The van der Waals surface area contributed by atoms with Crippen LogP contribution in [0.1, 0.15) is 0 Å². The summed E-state index contributed by atoms with van der Waals surface area (Å²) in [6.07, 6.45) is 1.81. The molecule has 0 aliphatic heterocycles. The van der Waals surface area contributed by atoms with Crippen molar-refractivity contribution in [2.75, 3.05) is 0 Å². The van der Waals surface area contributed by atoms with E-state index in [4.69, 9.17) is 11.6 Å². The lowest BCUT2D eigenvalue weighted by Crippen LogP contribution is -1.85. The minimum Gasteiger partial charge on any atom is -0.239 e. The fraction of sp³-hybridized carbons (Fsp3) is 0. The molecule has 0 N–H and O–H groups in total. The maximum absolute atomic E-state index is 5.89. The lowest BCUT2D eigenvalue weighted by Gasteiger charge is -1.91. The Morgan fingerprint density at radius 2 is 2.20 bits per heavy atom. The second kappa shape index (κ2) is 3.36. The highest BCUT2D eigenvalue weighted by Gasteiger charge is 2.04. The first-order valence-corrected chi connectivity index (χ1v) is 5.82. The van der Waals surface area contributed by atoms with Crippen molar-refractivity contribution in [1.29, 1.82) is 0 Å². The van der Waals surface area contributed by atoms with Crippen LogP contribution in [0.2, 0.25) is 5.02 Å². The number of rotatable bonds is 1. The summed E-state index contributed by atoms with van der Waals surface area (Å²) in [5.74, 6) is 0. The molecule has 2 nitrogen and oxygen atoms in total. The van der Waals surface area contributed by atoms with Crippen LogP contribution >= 0.6 is 22.9 Å². The predicted molar refractivity (Wildman–Crippen MR) is 63.5 cm³/mol. The molecule has 0 aliphatic carbocycles. The highest BCUT2D eigenvalue weighted by atomic mass is 35.5. The topological polar surface area (TPSA) is 17.3 Å². The van der Waals surface area contributed by atoms with Gasteiger partial charge in [-0.05, 0) is 29.6 Å². The molecule has 3 aromatic rings.